The summed E-state index contributed by atoms with van der Waals surface area (Å²) in [5.41, 5.74) is 8.62. The highest BCUT2D eigenvalue weighted by atomic mass is 32.1. The van der Waals surface area contributed by atoms with Gasteiger partial charge in [-0.05, 0) is 42.7 Å². The molecule has 0 saturated carbocycles. The van der Waals surface area contributed by atoms with Crippen LogP contribution in [0.25, 0.3) is 0 Å². The van der Waals surface area contributed by atoms with Crippen LogP contribution in [0, 0.1) is 19.7 Å². The lowest BCUT2D eigenvalue weighted by molar-refractivity contribution is 0.608. The number of aryl methyl sites for hydroxylation is 2. The van der Waals surface area contributed by atoms with E-state index in [4.69, 9.17) is 18.0 Å². The number of pyridine rings is 1. The first-order chi connectivity index (χ1) is 9.49. The van der Waals surface area contributed by atoms with Gasteiger partial charge in [-0.1, -0.05) is 24.4 Å². The molecule has 0 amide bonds. The van der Waals surface area contributed by atoms with Crippen LogP contribution in [0.1, 0.15) is 22.3 Å². The van der Waals surface area contributed by atoms with Crippen LogP contribution in [-0.2, 0) is 6.54 Å². The van der Waals surface area contributed by atoms with Crippen molar-refractivity contribution in [1.29, 1.82) is 0 Å². The Balaban J connectivity index is 2.19. The SMILES string of the molecule is Cc1cc(CNc2ncccc2C(N)=S)cc(C)c1F. The number of anilines is 1. The number of halogens is 1. The molecule has 0 fully saturated rings. The van der Waals surface area contributed by atoms with Crippen molar-refractivity contribution in [3.63, 3.8) is 0 Å². The lowest BCUT2D eigenvalue weighted by atomic mass is 10.1. The molecule has 104 valence electrons. The molecule has 1 aromatic carbocycles. The third kappa shape index (κ3) is 3.11. The monoisotopic (exact) mass is 289 g/mol. The Bertz CT molecular complexity index is 632. The van der Waals surface area contributed by atoms with Gasteiger partial charge in [0.1, 0.15) is 16.6 Å². The van der Waals surface area contributed by atoms with Gasteiger partial charge in [-0.2, -0.15) is 0 Å². The maximum Gasteiger partial charge on any atom is 0.136 e. The van der Waals surface area contributed by atoms with Crippen LogP contribution in [-0.4, -0.2) is 9.97 Å². The first kappa shape index (κ1) is 14.4. The maximum atomic E-state index is 13.6. The molecule has 0 bridgehead atoms. The van der Waals surface area contributed by atoms with E-state index in [1.807, 2.05) is 18.2 Å². The summed E-state index contributed by atoms with van der Waals surface area (Å²) in [7, 11) is 0. The molecule has 2 aromatic rings. The molecule has 0 radical (unpaired) electrons. The molecule has 0 spiro atoms. The van der Waals surface area contributed by atoms with Crippen LogP contribution in [0.4, 0.5) is 10.2 Å². The molecule has 5 heteroatoms. The molecule has 3 nitrogen and oxygen atoms in total. The number of nitrogens with zero attached hydrogens (tertiary/aromatic N) is 1. The van der Waals surface area contributed by atoms with Crippen molar-refractivity contribution in [3.05, 3.63) is 58.5 Å². The molecular formula is C15H16FN3S. The number of thiocarbonyl (C=S) groups is 1. The minimum Gasteiger partial charge on any atom is -0.389 e. The van der Waals surface area contributed by atoms with Crippen molar-refractivity contribution in [1.82, 2.24) is 4.98 Å². The van der Waals surface area contributed by atoms with E-state index in [0.29, 0.717) is 34.0 Å². The highest BCUT2D eigenvalue weighted by molar-refractivity contribution is 7.80. The third-order valence-corrected chi connectivity index (χ3v) is 3.25. The lowest BCUT2D eigenvalue weighted by Gasteiger charge is -2.11. The summed E-state index contributed by atoms with van der Waals surface area (Å²) < 4.78 is 13.6. The van der Waals surface area contributed by atoms with Gasteiger partial charge in [0.2, 0.25) is 0 Å². The van der Waals surface area contributed by atoms with Crippen LogP contribution < -0.4 is 11.1 Å². The molecule has 1 heterocycles. The average Bonchev–Trinajstić information content (AvgIpc) is 2.42. The fourth-order valence-corrected chi connectivity index (χ4v) is 2.23. The number of hydrogen-bond donors (Lipinski definition) is 2. The number of rotatable bonds is 4. The van der Waals surface area contributed by atoms with Gasteiger partial charge in [-0.3, -0.25) is 0 Å². The van der Waals surface area contributed by atoms with Gasteiger partial charge >= 0.3 is 0 Å². The Kier molecular flexibility index (Phi) is 4.29. The topological polar surface area (TPSA) is 50.9 Å². The highest BCUT2D eigenvalue weighted by Crippen LogP contribution is 2.17. The summed E-state index contributed by atoms with van der Waals surface area (Å²) >= 11 is 4.99. The van der Waals surface area contributed by atoms with Crippen molar-refractivity contribution in [2.45, 2.75) is 20.4 Å². The highest BCUT2D eigenvalue weighted by Gasteiger charge is 2.07. The fourth-order valence-electron chi connectivity index (χ4n) is 2.07. The summed E-state index contributed by atoms with van der Waals surface area (Å²) in [6.45, 7) is 4.05. The third-order valence-electron chi connectivity index (χ3n) is 3.03. The van der Waals surface area contributed by atoms with Crippen molar-refractivity contribution in [2.75, 3.05) is 5.32 Å². The average molecular weight is 289 g/mol. The molecule has 2 rings (SSSR count). The predicted octanol–water partition coefficient (Wildman–Crippen LogP) is 3.08. The minimum absolute atomic E-state index is 0.157. The molecule has 20 heavy (non-hydrogen) atoms. The summed E-state index contributed by atoms with van der Waals surface area (Å²) in [4.78, 5) is 4.52. The van der Waals surface area contributed by atoms with Crippen LogP contribution >= 0.6 is 12.2 Å². The molecular weight excluding hydrogens is 273 g/mol. The second-order valence-electron chi connectivity index (χ2n) is 4.66. The van der Waals surface area contributed by atoms with Gasteiger partial charge in [0.25, 0.3) is 0 Å². The largest absolute Gasteiger partial charge is 0.389 e. The smallest absolute Gasteiger partial charge is 0.136 e. The minimum atomic E-state index is -0.157. The van der Waals surface area contributed by atoms with Gasteiger partial charge < -0.3 is 11.1 Å². The molecule has 0 atom stereocenters. The second kappa shape index (κ2) is 5.96. The molecule has 0 saturated heterocycles. The maximum absolute atomic E-state index is 13.6. The van der Waals surface area contributed by atoms with E-state index in [2.05, 4.69) is 10.3 Å². The fraction of sp³-hybridized carbons (Fsp3) is 0.200. The van der Waals surface area contributed by atoms with E-state index >= 15 is 0 Å². The van der Waals surface area contributed by atoms with Crippen LogP contribution in [0.2, 0.25) is 0 Å². The van der Waals surface area contributed by atoms with E-state index < -0.39 is 0 Å². The van der Waals surface area contributed by atoms with E-state index in [9.17, 15) is 4.39 Å². The van der Waals surface area contributed by atoms with Gasteiger partial charge in [-0.25, -0.2) is 9.37 Å². The van der Waals surface area contributed by atoms with Gasteiger partial charge in [0, 0.05) is 12.7 Å². The normalized spacial score (nSPS) is 10.3. The van der Waals surface area contributed by atoms with E-state index in [1.165, 1.54) is 0 Å². The van der Waals surface area contributed by atoms with E-state index in [-0.39, 0.29) is 5.82 Å². The number of nitrogens with one attached hydrogen (secondary N) is 1. The molecule has 0 aliphatic carbocycles. The van der Waals surface area contributed by atoms with Gasteiger partial charge in [-0.15, -0.1) is 0 Å². The summed E-state index contributed by atoms with van der Waals surface area (Å²) in [5, 5.41) is 3.18. The summed E-state index contributed by atoms with van der Waals surface area (Å²) in [5.74, 6) is 0.482. The van der Waals surface area contributed by atoms with Crippen molar-refractivity contribution < 1.29 is 4.39 Å². The standard InChI is InChI=1S/C15H16FN3S/c1-9-6-11(7-10(2)13(9)16)8-19-15-12(14(17)20)4-3-5-18-15/h3-7H,8H2,1-2H3,(H2,17,20)(H,18,19). The molecule has 1 aromatic heterocycles. The molecule has 0 aliphatic rings. The predicted molar refractivity (Wildman–Crippen MR) is 83.3 cm³/mol. The Morgan fingerprint density at radius 1 is 1.35 bits per heavy atom. The Hall–Kier alpha value is -2.01. The number of aromatic nitrogens is 1. The summed E-state index contributed by atoms with van der Waals surface area (Å²) in [6, 6.07) is 7.24. The Labute approximate surface area is 123 Å². The van der Waals surface area contributed by atoms with E-state index in [0.717, 1.165) is 5.56 Å². The van der Waals surface area contributed by atoms with Crippen LogP contribution in [0.5, 0.6) is 0 Å². The van der Waals surface area contributed by atoms with Crippen LogP contribution in [0.3, 0.4) is 0 Å². The first-order valence-corrected chi connectivity index (χ1v) is 6.64. The van der Waals surface area contributed by atoms with Crippen LogP contribution in [0.15, 0.2) is 30.5 Å². The quantitative estimate of drug-likeness (QED) is 0.849. The second-order valence-corrected chi connectivity index (χ2v) is 5.10. The van der Waals surface area contributed by atoms with Crippen molar-refractivity contribution >= 4 is 23.0 Å². The number of nitrogens with two attached hydrogens (primary N) is 1. The van der Waals surface area contributed by atoms with E-state index in [1.54, 1.807) is 26.1 Å². The molecule has 0 unspecified atom stereocenters. The van der Waals surface area contributed by atoms with Crippen molar-refractivity contribution in [3.8, 4) is 0 Å². The zero-order chi connectivity index (χ0) is 14.7. The Morgan fingerprint density at radius 2 is 2.00 bits per heavy atom. The van der Waals surface area contributed by atoms with Gasteiger partial charge in [0.05, 0.1) is 5.56 Å². The lowest BCUT2D eigenvalue weighted by Crippen LogP contribution is -2.14. The van der Waals surface area contributed by atoms with Crippen molar-refractivity contribution in [2.24, 2.45) is 5.73 Å². The van der Waals surface area contributed by atoms with Gasteiger partial charge in [0.15, 0.2) is 0 Å². The number of hydrogen-bond acceptors (Lipinski definition) is 3. The zero-order valence-electron chi connectivity index (χ0n) is 11.4. The molecule has 0 aliphatic heterocycles. The first-order valence-electron chi connectivity index (χ1n) is 6.23. The summed E-state index contributed by atoms with van der Waals surface area (Å²) in [6.07, 6.45) is 1.67. The Morgan fingerprint density at radius 3 is 2.60 bits per heavy atom. The molecule has 3 N–H and O–H groups in total. The number of benzene rings is 1. The zero-order valence-corrected chi connectivity index (χ0v) is 12.2.